The molecule has 3 aromatic rings. The summed E-state index contributed by atoms with van der Waals surface area (Å²) in [5, 5.41) is 0. The lowest BCUT2D eigenvalue weighted by Gasteiger charge is -2.38. The minimum atomic E-state index is -5.04. The van der Waals surface area contributed by atoms with Gasteiger partial charge in [0.1, 0.15) is 11.9 Å². The molecular formula is C34H36F6N4O4. The number of nitrogens with zero attached hydrogens (tertiary/aromatic N) is 4. The Labute approximate surface area is 274 Å². The average Bonchev–Trinajstić information content (AvgIpc) is 3.32. The van der Waals surface area contributed by atoms with Crippen LogP contribution in [0.1, 0.15) is 79.0 Å². The van der Waals surface area contributed by atoms with E-state index in [2.05, 4.69) is 11.1 Å². The van der Waals surface area contributed by atoms with Crippen molar-refractivity contribution >= 4 is 12.0 Å². The van der Waals surface area contributed by atoms with E-state index >= 15 is 0 Å². The molecular weight excluding hydrogens is 642 g/mol. The van der Waals surface area contributed by atoms with Crippen molar-refractivity contribution in [3.05, 3.63) is 70.5 Å². The second-order valence-electron chi connectivity index (χ2n) is 12.6. The third kappa shape index (κ3) is 6.76. The highest BCUT2D eigenvalue weighted by Crippen LogP contribution is 2.43. The normalized spacial score (nSPS) is 21.0. The van der Waals surface area contributed by atoms with E-state index in [9.17, 15) is 31.1 Å². The molecule has 2 atom stereocenters. The van der Waals surface area contributed by atoms with Gasteiger partial charge in [0.2, 0.25) is 5.95 Å². The molecule has 258 valence electrons. The molecule has 3 aliphatic rings. The van der Waals surface area contributed by atoms with Gasteiger partial charge in [0.05, 0.1) is 42.6 Å². The highest BCUT2D eigenvalue weighted by atomic mass is 19.4. The van der Waals surface area contributed by atoms with E-state index in [1.54, 1.807) is 20.4 Å². The first-order valence-electron chi connectivity index (χ1n) is 15.9. The lowest BCUT2D eigenvalue weighted by molar-refractivity contribution is -0.143. The maximum Gasteiger partial charge on any atom is 0.416 e. The van der Waals surface area contributed by atoms with Crippen molar-refractivity contribution in [2.75, 3.05) is 32.2 Å². The van der Waals surface area contributed by atoms with Crippen molar-refractivity contribution < 1.29 is 45.3 Å². The van der Waals surface area contributed by atoms with Gasteiger partial charge in [0.25, 0.3) is 0 Å². The molecule has 0 N–H and O–H groups in total. The van der Waals surface area contributed by atoms with Crippen molar-refractivity contribution in [3.8, 4) is 16.9 Å². The summed E-state index contributed by atoms with van der Waals surface area (Å²) in [6.07, 6.45) is -5.11. The second kappa shape index (κ2) is 13.1. The Morgan fingerprint density at radius 1 is 0.896 bits per heavy atom. The summed E-state index contributed by atoms with van der Waals surface area (Å²) in [4.78, 5) is 25.9. The van der Waals surface area contributed by atoms with Crippen LogP contribution in [0.5, 0.6) is 5.75 Å². The number of methoxy groups -OCH3 is 2. The zero-order valence-electron chi connectivity index (χ0n) is 26.7. The molecule has 3 heterocycles. The van der Waals surface area contributed by atoms with Gasteiger partial charge in [-0.3, -0.25) is 4.90 Å². The fourth-order valence-corrected chi connectivity index (χ4v) is 6.75. The smallest absolute Gasteiger partial charge is 0.416 e. The van der Waals surface area contributed by atoms with Crippen LogP contribution in [0.4, 0.5) is 37.1 Å². The van der Waals surface area contributed by atoms with Gasteiger partial charge < -0.3 is 19.1 Å². The number of aromatic nitrogens is 2. The molecule has 3 fully saturated rings. The molecule has 14 heteroatoms. The largest absolute Gasteiger partial charge is 0.496 e. The highest BCUT2D eigenvalue weighted by Gasteiger charge is 2.44. The molecule has 2 aromatic carbocycles. The van der Waals surface area contributed by atoms with E-state index in [-0.39, 0.29) is 18.7 Å². The number of ether oxygens (including phenoxy) is 3. The van der Waals surface area contributed by atoms with Crippen LogP contribution in [0.2, 0.25) is 0 Å². The average molecular weight is 679 g/mol. The molecule has 2 saturated heterocycles. The first-order chi connectivity index (χ1) is 22.8. The standard InChI is InChI=1S/C34H36F6N4O4/c1-19-30(22-11-23(33(35,36)37)14-24(12-22)34(38,39)40)48-32(45)44(19)18-28-27(15-41-31(42-28)43-16-25(17-43)46-2)26-13-21(9-10-29(26)47-3)20-7-5-4-6-8-20/h9-15,19-20,25,30H,4-8,16-18H2,1-3H3/t19-,30-/m0/s1. The first-order valence-corrected chi connectivity index (χ1v) is 15.9. The number of amides is 1. The zero-order chi connectivity index (χ0) is 34.4. The van der Waals surface area contributed by atoms with E-state index < -0.39 is 47.3 Å². The predicted octanol–water partition coefficient (Wildman–Crippen LogP) is 8.15. The van der Waals surface area contributed by atoms with Gasteiger partial charge >= 0.3 is 18.4 Å². The predicted molar refractivity (Wildman–Crippen MR) is 164 cm³/mol. The molecule has 0 radical (unpaired) electrons. The van der Waals surface area contributed by atoms with Crippen LogP contribution in [0, 0.1) is 0 Å². The Kier molecular flexibility index (Phi) is 9.22. The van der Waals surface area contributed by atoms with Crippen LogP contribution >= 0.6 is 0 Å². The number of hydrogen-bond acceptors (Lipinski definition) is 7. The Hall–Kier alpha value is -4.07. The maximum absolute atomic E-state index is 13.6. The Bertz CT molecular complexity index is 1620. The summed E-state index contributed by atoms with van der Waals surface area (Å²) in [7, 11) is 3.16. The number of carbonyl (C=O) groups is 1. The number of benzene rings is 2. The molecule has 1 amide bonds. The summed E-state index contributed by atoms with van der Waals surface area (Å²) < 4.78 is 98.4. The van der Waals surface area contributed by atoms with Crippen LogP contribution < -0.4 is 9.64 Å². The Morgan fingerprint density at radius 2 is 1.56 bits per heavy atom. The number of cyclic esters (lactones) is 1. The number of halogens is 6. The van der Waals surface area contributed by atoms with Gasteiger partial charge in [-0.2, -0.15) is 26.3 Å². The molecule has 48 heavy (non-hydrogen) atoms. The summed E-state index contributed by atoms with van der Waals surface area (Å²) in [6, 6.07) is 6.30. The number of hydrogen-bond donors (Lipinski definition) is 0. The van der Waals surface area contributed by atoms with Crippen LogP contribution in [0.3, 0.4) is 0 Å². The van der Waals surface area contributed by atoms with Gasteiger partial charge in [-0.1, -0.05) is 25.3 Å². The fourth-order valence-electron chi connectivity index (χ4n) is 6.75. The monoisotopic (exact) mass is 678 g/mol. The number of rotatable bonds is 8. The van der Waals surface area contributed by atoms with Crippen molar-refractivity contribution in [1.82, 2.24) is 14.9 Å². The molecule has 1 aliphatic carbocycles. The van der Waals surface area contributed by atoms with Gasteiger partial charge in [0, 0.05) is 37.5 Å². The van der Waals surface area contributed by atoms with E-state index in [1.807, 2.05) is 17.0 Å². The maximum atomic E-state index is 13.6. The molecule has 8 nitrogen and oxygen atoms in total. The van der Waals surface area contributed by atoms with Crippen molar-refractivity contribution in [3.63, 3.8) is 0 Å². The molecule has 0 spiro atoms. The van der Waals surface area contributed by atoms with Crippen LogP contribution in [-0.2, 0) is 28.4 Å². The quantitative estimate of drug-likeness (QED) is 0.223. The SMILES string of the molecule is COc1ccc(C2CCCCC2)cc1-c1cnc(N2CC(OC)C2)nc1CN1C(=O)O[C@H](c2cc(C(F)(F)F)cc(C(F)(F)F)c2)[C@@H]1C. The fraction of sp³-hybridized carbons (Fsp3) is 0.500. The highest BCUT2D eigenvalue weighted by molar-refractivity contribution is 5.75. The molecule has 2 aliphatic heterocycles. The molecule has 6 rings (SSSR count). The van der Waals surface area contributed by atoms with Gasteiger partial charge in [-0.25, -0.2) is 14.8 Å². The molecule has 0 bridgehead atoms. The third-order valence-corrected chi connectivity index (χ3v) is 9.56. The van der Waals surface area contributed by atoms with E-state index in [0.29, 0.717) is 59.7 Å². The summed E-state index contributed by atoms with van der Waals surface area (Å²) in [5.74, 6) is 1.34. The van der Waals surface area contributed by atoms with E-state index in [1.165, 1.54) is 18.2 Å². The second-order valence-corrected chi connectivity index (χ2v) is 12.6. The summed E-state index contributed by atoms with van der Waals surface area (Å²) in [6.45, 7) is 2.48. The molecule has 0 unspecified atom stereocenters. The van der Waals surface area contributed by atoms with Crippen molar-refractivity contribution in [1.29, 1.82) is 0 Å². The van der Waals surface area contributed by atoms with Gasteiger partial charge in [-0.05, 0) is 67.1 Å². The van der Waals surface area contributed by atoms with Crippen LogP contribution in [-0.4, -0.2) is 60.4 Å². The third-order valence-electron chi connectivity index (χ3n) is 9.56. The Morgan fingerprint density at radius 3 is 2.17 bits per heavy atom. The van der Waals surface area contributed by atoms with E-state index in [4.69, 9.17) is 19.2 Å². The lowest BCUT2D eigenvalue weighted by atomic mass is 9.83. The topological polar surface area (TPSA) is 77.0 Å². The number of alkyl halides is 6. The van der Waals surface area contributed by atoms with E-state index in [0.717, 1.165) is 31.2 Å². The summed E-state index contributed by atoms with van der Waals surface area (Å²) >= 11 is 0. The number of carbonyl (C=O) groups excluding carboxylic acids is 1. The minimum absolute atomic E-state index is 0.00684. The molecule has 1 saturated carbocycles. The minimum Gasteiger partial charge on any atom is -0.496 e. The van der Waals surface area contributed by atoms with Crippen molar-refractivity contribution in [2.24, 2.45) is 0 Å². The number of anilines is 1. The molecule has 1 aromatic heterocycles. The van der Waals surface area contributed by atoms with Crippen molar-refractivity contribution in [2.45, 2.75) is 82.1 Å². The van der Waals surface area contributed by atoms with Gasteiger partial charge in [0.15, 0.2) is 0 Å². The summed E-state index contributed by atoms with van der Waals surface area (Å²) in [5.41, 5.74) is -0.507. The van der Waals surface area contributed by atoms with Crippen LogP contribution in [0.15, 0.2) is 42.6 Å². The first kappa shape index (κ1) is 33.8. The van der Waals surface area contributed by atoms with Gasteiger partial charge in [-0.15, -0.1) is 0 Å². The zero-order valence-corrected chi connectivity index (χ0v) is 26.7. The Balaban J connectivity index is 1.37. The van der Waals surface area contributed by atoms with Crippen LogP contribution in [0.25, 0.3) is 11.1 Å². The lowest BCUT2D eigenvalue weighted by Crippen LogP contribution is -2.52.